The molecule has 0 aromatic heterocycles. The fourth-order valence-corrected chi connectivity index (χ4v) is 7.27. The number of rotatable bonds is 5. The van der Waals surface area contributed by atoms with E-state index in [0.29, 0.717) is 16.3 Å². The van der Waals surface area contributed by atoms with Crippen molar-refractivity contribution in [2.24, 2.45) is 0 Å². The Hall–Kier alpha value is -4.58. The second kappa shape index (κ2) is 12.2. The summed E-state index contributed by atoms with van der Waals surface area (Å²) in [5.41, 5.74) is 4.42. The number of hydrogen-bond acceptors (Lipinski definition) is 4. The molecule has 0 heterocycles. The van der Waals surface area contributed by atoms with Crippen LogP contribution < -0.4 is 4.90 Å². The van der Waals surface area contributed by atoms with Crippen molar-refractivity contribution in [2.75, 3.05) is 11.4 Å². The molecule has 1 aliphatic carbocycles. The minimum atomic E-state index is -0.959. The number of aliphatic hydroxyl groups excluding tert-OH is 1. The molecule has 0 fully saturated rings. The van der Waals surface area contributed by atoms with Crippen LogP contribution in [0.5, 0.6) is 5.75 Å². The fraction of sp³-hybridized carbons (Fsp3) is 0.244. The van der Waals surface area contributed by atoms with Gasteiger partial charge in [-0.25, -0.2) is 4.79 Å². The van der Waals surface area contributed by atoms with Gasteiger partial charge in [0.05, 0.1) is 18.3 Å². The van der Waals surface area contributed by atoms with Crippen LogP contribution in [0.15, 0.2) is 103 Å². The van der Waals surface area contributed by atoms with Gasteiger partial charge in [0.1, 0.15) is 11.4 Å². The minimum Gasteiger partial charge on any atom is -0.507 e. The van der Waals surface area contributed by atoms with Gasteiger partial charge < -0.3 is 14.9 Å². The van der Waals surface area contributed by atoms with Crippen molar-refractivity contribution in [3.63, 3.8) is 0 Å². The number of carbonyl (C=O) groups is 1. The number of ether oxygens (including phenoxy) is 1. The first-order chi connectivity index (χ1) is 22.6. The zero-order valence-electron chi connectivity index (χ0n) is 26.8. The Morgan fingerprint density at radius 3 is 2.34 bits per heavy atom. The summed E-state index contributed by atoms with van der Waals surface area (Å²) in [5.74, 6) is 0.434. The predicted octanol–water partition coefficient (Wildman–Crippen LogP) is 10.3. The molecule has 1 amide bonds. The van der Waals surface area contributed by atoms with Crippen LogP contribution >= 0.6 is 11.6 Å². The smallest absolute Gasteiger partial charge is 0.414 e. The van der Waals surface area contributed by atoms with Crippen molar-refractivity contribution in [2.45, 2.75) is 57.7 Å². The van der Waals surface area contributed by atoms with E-state index in [1.165, 1.54) is 16.5 Å². The number of amides is 1. The number of phenolic OH excluding ortho intramolecular Hbond substituents is 1. The topological polar surface area (TPSA) is 70.0 Å². The molecule has 2 atom stereocenters. The summed E-state index contributed by atoms with van der Waals surface area (Å²) < 4.78 is 5.99. The molecule has 0 aliphatic heterocycles. The molecule has 0 radical (unpaired) electrons. The Morgan fingerprint density at radius 1 is 0.851 bits per heavy atom. The van der Waals surface area contributed by atoms with Crippen molar-refractivity contribution in [3.8, 4) is 5.75 Å². The van der Waals surface area contributed by atoms with Crippen LogP contribution in [0.2, 0.25) is 5.02 Å². The molecular formula is C41H38ClNO4. The van der Waals surface area contributed by atoms with E-state index in [9.17, 15) is 15.0 Å². The second-order valence-corrected chi connectivity index (χ2v) is 14.0. The zero-order chi connectivity index (χ0) is 32.9. The molecule has 0 unspecified atom stereocenters. The number of aromatic hydroxyl groups is 1. The summed E-state index contributed by atoms with van der Waals surface area (Å²) in [6, 6.07) is 33.7. The van der Waals surface area contributed by atoms with Gasteiger partial charge >= 0.3 is 6.09 Å². The first-order valence-electron chi connectivity index (χ1n) is 16.2. The largest absolute Gasteiger partial charge is 0.507 e. The lowest BCUT2D eigenvalue weighted by atomic mass is 9.77. The van der Waals surface area contributed by atoms with Crippen LogP contribution in [-0.4, -0.2) is 28.5 Å². The van der Waals surface area contributed by atoms with Crippen molar-refractivity contribution in [3.05, 3.63) is 130 Å². The van der Waals surface area contributed by atoms with Gasteiger partial charge in [0.2, 0.25) is 0 Å². The van der Waals surface area contributed by atoms with Crippen LogP contribution in [0.1, 0.15) is 61.5 Å². The fourth-order valence-electron chi connectivity index (χ4n) is 7.14. The molecule has 0 spiro atoms. The normalized spacial score (nSPS) is 15.5. The van der Waals surface area contributed by atoms with Gasteiger partial charge in [-0.05, 0) is 108 Å². The van der Waals surface area contributed by atoms with Gasteiger partial charge in [-0.1, -0.05) is 96.5 Å². The molecule has 6 aromatic carbocycles. The minimum absolute atomic E-state index is 0.0193. The molecule has 47 heavy (non-hydrogen) atoms. The van der Waals surface area contributed by atoms with Gasteiger partial charge in [-0.15, -0.1) is 0 Å². The Labute approximate surface area is 280 Å². The van der Waals surface area contributed by atoms with E-state index >= 15 is 0 Å². The standard InChI is InChI=1S/C41H38ClNO4/c1-41(2,3)47-40(46)43(24-38(45)26-11-16-29(42)17-12-26)39-31-8-5-4-7-25(31)13-19-32(39)28-14-18-30-27(23-28)15-20-35-33-9-6-10-37(44)36(33)22-21-34(30)35/h4-13,15-17,19-22,28,38,44-45H,14,18,23-24H2,1-3H3/t28-,38-/m0/s1. The van der Waals surface area contributed by atoms with Crippen molar-refractivity contribution in [1.29, 1.82) is 0 Å². The van der Waals surface area contributed by atoms with E-state index in [1.54, 1.807) is 35.2 Å². The summed E-state index contributed by atoms with van der Waals surface area (Å²) >= 11 is 6.14. The molecule has 6 aromatic rings. The van der Waals surface area contributed by atoms with Gasteiger partial charge in [-0.2, -0.15) is 0 Å². The van der Waals surface area contributed by atoms with Crippen molar-refractivity contribution in [1.82, 2.24) is 0 Å². The first kappa shape index (κ1) is 31.0. The van der Waals surface area contributed by atoms with E-state index in [-0.39, 0.29) is 12.5 Å². The number of aliphatic hydroxyl groups is 1. The van der Waals surface area contributed by atoms with E-state index in [1.807, 2.05) is 51.1 Å². The third-order valence-corrected chi connectivity index (χ3v) is 9.57. The third-order valence-electron chi connectivity index (χ3n) is 9.32. The summed E-state index contributed by atoms with van der Waals surface area (Å²) in [5, 5.41) is 28.7. The molecule has 5 nitrogen and oxygen atoms in total. The molecular weight excluding hydrogens is 606 g/mol. The van der Waals surface area contributed by atoms with Crippen LogP contribution in [0.25, 0.3) is 32.3 Å². The number of carbonyl (C=O) groups excluding carboxylic acids is 1. The maximum absolute atomic E-state index is 14.1. The zero-order valence-corrected chi connectivity index (χ0v) is 27.6. The lowest BCUT2D eigenvalue weighted by Gasteiger charge is -2.34. The Balaban J connectivity index is 1.33. The highest BCUT2D eigenvalue weighted by Gasteiger charge is 2.32. The predicted molar refractivity (Wildman–Crippen MR) is 192 cm³/mol. The second-order valence-electron chi connectivity index (χ2n) is 13.6. The van der Waals surface area contributed by atoms with Crippen LogP contribution in [0, 0.1) is 0 Å². The molecule has 7 rings (SSSR count). The van der Waals surface area contributed by atoms with Gasteiger partial charge in [-0.3, -0.25) is 4.90 Å². The average Bonchev–Trinajstić information content (AvgIpc) is 3.05. The molecule has 0 bridgehead atoms. The summed E-state index contributed by atoms with van der Waals surface area (Å²) in [7, 11) is 0. The number of fused-ring (bicyclic) bond motifs is 6. The summed E-state index contributed by atoms with van der Waals surface area (Å²) in [6.07, 6.45) is 1.14. The monoisotopic (exact) mass is 643 g/mol. The van der Waals surface area contributed by atoms with E-state index in [2.05, 4.69) is 42.5 Å². The number of halogens is 1. The van der Waals surface area contributed by atoms with Gasteiger partial charge in [0.15, 0.2) is 0 Å². The highest BCUT2D eigenvalue weighted by Crippen LogP contribution is 2.44. The molecule has 2 N–H and O–H groups in total. The number of phenols is 1. The van der Waals surface area contributed by atoms with Gasteiger partial charge in [0.25, 0.3) is 0 Å². The number of benzene rings is 6. The summed E-state index contributed by atoms with van der Waals surface area (Å²) in [6.45, 7) is 5.59. The molecule has 0 saturated carbocycles. The number of nitrogens with zero attached hydrogens (tertiary/aromatic N) is 1. The Kier molecular flexibility index (Phi) is 8.07. The molecule has 0 saturated heterocycles. The van der Waals surface area contributed by atoms with Crippen LogP contribution in [0.3, 0.4) is 0 Å². The first-order valence-corrected chi connectivity index (χ1v) is 16.6. The summed E-state index contributed by atoms with van der Waals surface area (Å²) in [4.78, 5) is 15.7. The van der Waals surface area contributed by atoms with Crippen LogP contribution in [-0.2, 0) is 17.6 Å². The maximum Gasteiger partial charge on any atom is 0.414 e. The van der Waals surface area contributed by atoms with E-state index in [4.69, 9.17) is 16.3 Å². The lowest BCUT2D eigenvalue weighted by molar-refractivity contribution is 0.0555. The van der Waals surface area contributed by atoms with E-state index in [0.717, 1.165) is 57.4 Å². The molecule has 6 heteroatoms. The number of aryl methyl sites for hydroxylation is 1. The highest BCUT2D eigenvalue weighted by molar-refractivity contribution is 6.30. The Bertz CT molecular complexity index is 2130. The van der Waals surface area contributed by atoms with Gasteiger partial charge in [0, 0.05) is 15.8 Å². The third kappa shape index (κ3) is 6.02. The quantitative estimate of drug-likeness (QED) is 0.183. The lowest BCUT2D eigenvalue weighted by Crippen LogP contribution is -2.40. The SMILES string of the molecule is CC(C)(C)OC(=O)N(C[C@H](O)c1ccc(Cl)cc1)c1c([C@H]2CCc3c(ccc4c3ccc3c(O)cccc34)C2)ccc2ccccc12. The average molecular weight is 644 g/mol. The highest BCUT2D eigenvalue weighted by atomic mass is 35.5. The maximum atomic E-state index is 14.1. The molecule has 238 valence electrons. The number of hydrogen-bond donors (Lipinski definition) is 2. The van der Waals surface area contributed by atoms with Crippen molar-refractivity contribution < 1.29 is 19.7 Å². The van der Waals surface area contributed by atoms with Crippen LogP contribution in [0.4, 0.5) is 10.5 Å². The Morgan fingerprint density at radius 2 is 1.55 bits per heavy atom. The van der Waals surface area contributed by atoms with E-state index < -0.39 is 17.8 Å². The molecule has 1 aliphatic rings. The van der Waals surface area contributed by atoms with Crippen molar-refractivity contribution >= 4 is 55.7 Å². The number of anilines is 1.